The summed E-state index contributed by atoms with van der Waals surface area (Å²) in [7, 11) is 0. The highest BCUT2D eigenvalue weighted by Gasteiger charge is 2.63. The van der Waals surface area contributed by atoms with Gasteiger partial charge in [0.2, 0.25) is 0 Å². The van der Waals surface area contributed by atoms with E-state index in [9.17, 15) is 20.1 Å². The zero-order valence-electron chi connectivity index (χ0n) is 15.5. The van der Waals surface area contributed by atoms with E-state index in [1.165, 1.54) is 5.57 Å². The van der Waals surface area contributed by atoms with Crippen molar-refractivity contribution in [1.29, 1.82) is 0 Å². The molecule has 4 rings (SSSR count). The van der Waals surface area contributed by atoms with Crippen LogP contribution in [0.25, 0.3) is 0 Å². The van der Waals surface area contributed by atoms with E-state index in [1.807, 2.05) is 0 Å². The highest BCUT2D eigenvalue weighted by atomic mass is 16.4. The van der Waals surface area contributed by atoms with Crippen LogP contribution >= 0.6 is 0 Å². The fourth-order valence-corrected chi connectivity index (χ4v) is 7.29. The molecule has 140 valence electrons. The number of aliphatic carboxylic acids is 1. The Kier molecular flexibility index (Phi) is 3.90. The summed E-state index contributed by atoms with van der Waals surface area (Å²) >= 11 is 0. The van der Waals surface area contributed by atoms with Gasteiger partial charge in [0.25, 0.3) is 0 Å². The van der Waals surface area contributed by atoms with Gasteiger partial charge in [0, 0.05) is 0 Å². The molecular weight excluding hydrogens is 316 g/mol. The molecule has 3 saturated carbocycles. The molecule has 4 aliphatic carbocycles. The molecule has 0 aliphatic heterocycles. The molecule has 4 heteroatoms. The van der Waals surface area contributed by atoms with Crippen molar-refractivity contribution in [2.45, 2.75) is 83.3 Å². The number of allylic oxidation sites excluding steroid dienone is 1. The normalized spacial score (nSPS) is 51.9. The Hall–Kier alpha value is -0.870. The number of carboxylic acid groups (broad SMARTS) is 1. The topological polar surface area (TPSA) is 77.8 Å². The van der Waals surface area contributed by atoms with Gasteiger partial charge in [-0.15, -0.1) is 0 Å². The lowest BCUT2D eigenvalue weighted by Crippen LogP contribution is -2.55. The molecule has 0 spiro atoms. The monoisotopic (exact) mass is 348 g/mol. The smallest absolute Gasteiger partial charge is 0.306 e. The Bertz CT molecular complexity index is 613. The van der Waals surface area contributed by atoms with Crippen LogP contribution in [-0.4, -0.2) is 33.0 Å². The molecular formula is C21H32O4. The molecule has 0 aromatic heterocycles. The number of fused-ring (bicyclic) bond motifs is 5. The van der Waals surface area contributed by atoms with Gasteiger partial charge in [-0.1, -0.05) is 25.5 Å². The van der Waals surface area contributed by atoms with Gasteiger partial charge in [-0.25, -0.2) is 0 Å². The van der Waals surface area contributed by atoms with Gasteiger partial charge in [-0.3, -0.25) is 4.79 Å². The van der Waals surface area contributed by atoms with Gasteiger partial charge in [0.05, 0.1) is 18.1 Å². The van der Waals surface area contributed by atoms with Gasteiger partial charge in [-0.2, -0.15) is 0 Å². The van der Waals surface area contributed by atoms with Crippen molar-refractivity contribution in [3.63, 3.8) is 0 Å². The lowest BCUT2D eigenvalue weighted by molar-refractivity contribution is -0.157. The molecule has 0 heterocycles. The lowest BCUT2D eigenvalue weighted by Gasteiger charge is -2.59. The van der Waals surface area contributed by atoms with Crippen molar-refractivity contribution in [2.75, 3.05) is 0 Å². The third kappa shape index (κ3) is 2.36. The third-order valence-electron chi connectivity index (χ3n) is 8.84. The number of hydrogen-bond donors (Lipinski definition) is 3. The predicted molar refractivity (Wildman–Crippen MR) is 94.9 cm³/mol. The van der Waals surface area contributed by atoms with Crippen molar-refractivity contribution in [1.82, 2.24) is 0 Å². The Morgan fingerprint density at radius 1 is 1.16 bits per heavy atom. The summed E-state index contributed by atoms with van der Waals surface area (Å²) in [5.41, 5.74) is 0.316. The van der Waals surface area contributed by atoms with E-state index < -0.39 is 11.6 Å². The van der Waals surface area contributed by atoms with Crippen LogP contribution in [-0.2, 0) is 4.79 Å². The number of carbonyl (C=O) groups is 1. The van der Waals surface area contributed by atoms with Crippen LogP contribution in [0.15, 0.2) is 11.6 Å². The van der Waals surface area contributed by atoms with E-state index in [4.69, 9.17) is 0 Å². The molecule has 0 aromatic carbocycles. The first-order valence-electron chi connectivity index (χ1n) is 10.0. The molecule has 0 amide bonds. The molecule has 4 aliphatic rings. The van der Waals surface area contributed by atoms with E-state index >= 15 is 0 Å². The largest absolute Gasteiger partial charge is 0.481 e. The van der Waals surface area contributed by atoms with Gasteiger partial charge in [-0.05, 0) is 80.0 Å². The average Bonchev–Trinajstić information content (AvgIpc) is 2.79. The Morgan fingerprint density at radius 2 is 1.88 bits per heavy atom. The maximum absolute atomic E-state index is 11.3. The highest BCUT2D eigenvalue weighted by molar-refractivity contribution is 5.68. The quantitative estimate of drug-likeness (QED) is 0.667. The SMILES string of the molecule is C[C@]12CCC(O)CC1=CC[C@@H]1[C@H]2CC[C@@]2(C)[C@H]1CCC2(O)CC(=O)O. The van der Waals surface area contributed by atoms with E-state index in [0.29, 0.717) is 24.2 Å². The molecule has 4 nitrogen and oxygen atoms in total. The van der Waals surface area contributed by atoms with Crippen LogP contribution in [0, 0.1) is 28.6 Å². The summed E-state index contributed by atoms with van der Waals surface area (Å²) in [6.07, 6.45) is 9.45. The summed E-state index contributed by atoms with van der Waals surface area (Å²) in [6, 6.07) is 0. The zero-order chi connectivity index (χ0) is 18.0. The summed E-state index contributed by atoms with van der Waals surface area (Å²) in [5.74, 6) is 0.693. The van der Waals surface area contributed by atoms with Gasteiger partial charge >= 0.3 is 5.97 Å². The molecule has 2 unspecified atom stereocenters. The molecule has 7 atom stereocenters. The first-order chi connectivity index (χ1) is 11.7. The maximum atomic E-state index is 11.3. The number of aliphatic hydroxyl groups is 2. The lowest BCUT2D eigenvalue weighted by atomic mass is 9.47. The minimum Gasteiger partial charge on any atom is -0.481 e. The zero-order valence-corrected chi connectivity index (χ0v) is 15.5. The van der Waals surface area contributed by atoms with Crippen LogP contribution in [0.1, 0.15) is 71.6 Å². The summed E-state index contributed by atoms with van der Waals surface area (Å²) in [6.45, 7) is 4.54. The second kappa shape index (κ2) is 5.56. The number of carboxylic acids is 1. The van der Waals surface area contributed by atoms with Crippen LogP contribution in [0.3, 0.4) is 0 Å². The van der Waals surface area contributed by atoms with Crippen molar-refractivity contribution >= 4 is 5.97 Å². The van der Waals surface area contributed by atoms with Crippen LogP contribution < -0.4 is 0 Å². The summed E-state index contributed by atoms with van der Waals surface area (Å²) in [4.78, 5) is 11.3. The maximum Gasteiger partial charge on any atom is 0.306 e. The first-order valence-corrected chi connectivity index (χ1v) is 10.0. The Labute approximate surface area is 150 Å². The van der Waals surface area contributed by atoms with Crippen molar-refractivity contribution in [3.05, 3.63) is 11.6 Å². The third-order valence-corrected chi connectivity index (χ3v) is 8.84. The predicted octanol–water partition coefficient (Wildman–Crippen LogP) is 3.52. The Morgan fingerprint density at radius 3 is 2.60 bits per heavy atom. The second-order valence-electron chi connectivity index (χ2n) is 9.75. The van der Waals surface area contributed by atoms with Gasteiger partial charge in [0.15, 0.2) is 0 Å². The molecule has 0 saturated heterocycles. The van der Waals surface area contributed by atoms with Crippen LogP contribution in [0.4, 0.5) is 0 Å². The van der Waals surface area contributed by atoms with Crippen molar-refractivity contribution in [3.8, 4) is 0 Å². The minimum atomic E-state index is -1.05. The van der Waals surface area contributed by atoms with E-state index in [1.54, 1.807) is 0 Å². The number of aliphatic hydroxyl groups excluding tert-OH is 1. The fraction of sp³-hybridized carbons (Fsp3) is 0.857. The average molecular weight is 348 g/mol. The van der Waals surface area contributed by atoms with Gasteiger partial charge < -0.3 is 15.3 Å². The molecule has 3 N–H and O–H groups in total. The Balaban J connectivity index is 1.65. The van der Waals surface area contributed by atoms with Crippen molar-refractivity contribution < 1.29 is 20.1 Å². The molecule has 0 bridgehead atoms. The van der Waals surface area contributed by atoms with Crippen LogP contribution in [0.2, 0.25) is 0 Å². The summed E-state index contributed by atoms with van der Waals surface area (Å²) < 4.78 is 0. The fourth-order valence-electron chi connectivity index (χ4n) is 7.29. The molecule has 0 aromatic rings. The number of hydrogen-bond acceptors (Lipinski definition) is 3. The van der Waals surface area contributed by atoms with Crippen molar-refractivity contribution in [2.24, 2.45) is 28.6 Å². The minimum absolute atomic E-state index is 0.123. The summed E-state index contributed by atoms with van der Waals surface area (Å²) in [5, 5.41) is 30.6. The second-order valence-corrected chi connectivity index (χ2v) is 9.75. The van der Waals surface area contributed by atoms with Gasteiger partial charge in [0.1, 0.15) is 0 Å². The number of rotatable bonds is 2. The molecule has 0 radical (unpaired) electrons. The standard InChI is InChI=1S/C21H32O4/c1-19-8-5-14(22)11-13(19)3-4-15-16(19)6-9-20(2)17(15)7-10-21(20,25)12-18(23)24/h3,14-17,22,25H,4-12H2,1-2H3,(H,23,24)/t14?,15-,16-,17+,19+,20+,21?/m1/s1. The van der Waals surface area contributed by atoms with E-state index in [-0.39, 0.29) is 23.4 Å². The van der Waals surface area contributed by atoms with E-state index in [2.05, 4.69) is 19.9 Å². The highest BCUT2D eigenvalue weighted by Crippen LogP contribution is 2.67. The molecule has 25 heavy (non-hydrogen) atoms. The van der Waals surface area contributed by atoms with Crippen LogP contribution in [0.5, 0.6) is 0 Å². The first kappa shape index (κ1) is 17.5. The molecule has 3 fully saturated rings. The van der Waals surface area contributed by atoms with E-state index in [0.717, 1.165) is 44.9 Å².